The van der Waals surface area contributed by atoms with E-state index in [4.69, 9.17) is 0 Å². The van der Waals surface area contributed by atoms with E-state index in [2.05, 4.69) is 25.9 Å². The molecule has 2 heterocycles. The van der Waals surface area contributed by atoms with E-state index < -0.39 is 29.2 Å². The second kappa shape index (κ2) is 8.88. The zero-order valence-electron chi connectivity index (χ0n) is 19.2. The molecule has 7 nitrogen and oxygen atoms in total. The Kier molecular flexibility index (Phi) is 5.71. The van der Waals surface area contributed by atoms with E-state index in [-0.39, 0.29) is 23.7 Å². The van der Waals surface area contributed by atoms with Gasteiger partial charge in [-0.1, -0.05) is 6.07 Å². The molecule has 0 unspecified atom stereocenters. The summed E-state index contributed by atoms with van der Waals surface area (Å²) in [5.41, 5.74) is 3.10. The third-order valence-electron chi connectivity index (χ3n) is 5.87. The molecule has 0 bridgehead atoms. The summed E-state index contributed by atoms with van der Waals surface area (Å²) in [6.07, 6.45) is 1.66. The molecule has 0 radical (unpaired) electrons. The zero-order chi connectivity index (χ0) is 25.6. The number of aryl methyl sites for hydroxylation is 2. The molecule has 3 amide bonds. The molecule has 3 aromatic carbocycles. The monoisotopic (exact) mass is 491 g/mol. The molecule has 0 fully saturated rings. The van der Waals surface area contributed by atoms with Crippen LogP contribution in [0.5, 0.6) is 0 Å². The average Bonchev–Trinajstić information content (AvgIpc) is 3.42. The number of nitrogens with zero attached hydrogens (tertiary/aromatic N) is 1. The van der Waals surface area contributed by atoms with Gasteiger partial charge < -0.3 is 20.9 Å². The molecule has 0 spiro atoms. The van der Waals surface area contributed by atoms with Gasteiger partial charge in [0, 0.05) is 35.2 Å². The van der Waals surface area contributed by atoms with E-state index >= 15 is 4.39 Å². The number of anilines is 2. The smallest absolute Gasteiger partial charge is 0.323 e. The van der Waals surface area contributed by atoms with Crippen LogP contribution in [0.25, 0.3) is 22.5 Å². The number of aromatic nitrogens is 2. The number of amides is 3. The molecule has 0 saturated carbocycles. The number of urea groups is 1. The third kappa shape index (κ3) is 4.17. The predicted molar refractivity (Wildman–Crippen MR) is 129 cm³/mol. The molecule has 1 aliphatic heterocycles. The van der Waals surface area contributed by atoms with Gasteiger partial charge in [-0.15, -0.1) is 0 Å². The lowest BCUT2D eigenvalue weighted by Gasteiger charge is -2.13. The third-order valence-corrected chi connectivity index (χ3v) is 5.87. The Bertz CT molecular complexity index is 1520. The van der Waals surface area contributed by atoms with Crippen molar-refractivity contribution in [2.45, 2.75) is 20.4 Å². The van der Waals surface area contributed by atoms with Crippen LogP contribution in [0.3, 0.4) is 0 Å². The van der Waals surface area contributed by atoms with Crippen molar-refractivity contribution in [1.29, 1.82) is 0 Å². The molecule has 1 aromatic heterocycles. The Hall–Kier alpha value is -4.60. The standard InChI is InChI=1S/C26H20F3N5O2/c1-12-7-20(28)23(21(29)8-12)34-26(36)33-14-3-4-16(19(27)9-14)15-5-6-17(24-30-10-13(2)32-24)22-18(15)11-31-25(22)35/h3-10H,11H2,1-2H3,(H,30,32)(H,31,35)(H2,33,34,36). The van der Waals surface area contributed by atoms with Gasteiger partial charge in [-0.2, -0.15) is 0 Å². The highest BCUT2D eigenvalue weighted by atomic mass is 19.1. The van der Waals surface area contributed by atoms with Crippen molar-refractivity contribution in [1.82, 2.24) is 15.3 Å². The van der Waals surface area contributed by atoms with Crippen molar-refractivity contribution in [3.8, 4) is 22.5 Å². The van der Waals surface area contributed by atoms with E-state index in [0.717, 1.165) is 23.9 Å². The van der Waals surface area contributed by atoms with Crippen molar-refractivity contribution in [2.24, 2.45) is 0 Å². The normalized spacial score (nSPS) is 12.3. The highest BCUT2D eigenvalue weighted by Gasteiger charge is 2.28. The Balaban J connectivity index is 1.42. The van der Waals surface area contributed by atoms with Gasteiger partial charge in [0.25, 0.3) is 5.91 Å². The second-order valence-corrected chi connectivity index (χ2v) is 8.49. The molecule has 0 atom stereocenters. The molecule has 4 N–H and O–H groups in total. The Labute approximate surface area is 203 Å². The lowest BCUT2D eigenvalue weighted by molar-refractivity contribution is 0.0966. The molecule has 182 valence electrons. The Morgan fingerprint density at radius 1 is 0.917 bits per heavy atom. The maximum atomic E-state index is 15.2. The van der Waals surface area contributed by atoms with E-state index in [1.165, 1.54) is 19.1 Å². The van der Waals surface area contributed by atoms with Crippen LogP contribution < -0.4 is 16.0 Å². The van der Waals surface area contributed by atoms with Crippen molar-refractivity contribution >= 4 is 23.3 Å². The van der Waals surface area contributed by atoms with Crippen LogP contribution in [0, 0.1) is 31.3 Å². The number of aromatic amines is 1. The number of nitrogens with one attached hydrogen (secondary N) is 4. The fourth-order valence-electron chi connectivity index (χ4n) is 4.25. The van der Waals surface area contributed by atoms with Gasteiger partial charge in [-0.05, 0) is 66.9 Å². The van der Waals surface area contributed by atoms with E-state index in [0.29, 0.717) is 33.6 Å². The minimum atomic E-state index is -0.933. The van der Waals surface area contributed by atoms with Crippen LogP contribution in [0.1, 0.15) is 27.2 Å². The van der Waals surface area contributed by atoms with Crippen LogP contribution >= 0.6 is 0 Å². The van der Waals surface area contributed by atoms with Gasteiger partial charge in [0.05, 0.1) is 5.56 Å². The fraction of sp³-hybridized carbons (Fsp3) is 0.115. The first kappa shape index (κ1) is 23.2. The summed E-state index contributed by atoms with van der Waals surface area (Å²) < 4.78 is 43.2. The van der Waals surface area contributed by atoms with Crippen LogP contribution in [0.2, 0.25) is 0 Å². The van der Waals surface area contributed by atoms with E-state index in [9.17, 15) is 18.4 Å². The van der Waals surface area contributed by atoms with Crippen LogP contribution in [-0.2, 0) is 6.54 Å². The molecule has 4 aromatic rings. The van der Waals surface area contributed by atoms with Crippen LogP contribution in [0.4, 0.5) is 29.3 Å². The lowest BCUT2D eigenvalue weighted by Crippen LogP contribution is -2.21. The summed E-state index contributed by atoms with van der Waals surface area (Å²) >= 11 is 0. The average molecular weight is 491 g/mol. The molecular weight excluding hydrogens is 471 g/mol. The summed E-state index contributed by atoms with van der Waals surface area (Å²) in [4.78, 5) is 32.2. The Morgan fingerprint density at radius 2 is 1.61 bits per heavy atom. The molecule has 10 heteroatoms. The molecule has 0 aliphatic carbocycles. The largest absolute Gasteiger partial charge is 0.348 e. The zero-order valence-corrected chi connectivity index (χ0v) is 19.2. The van der Waals surface area contributed by atoms with E-state index in [1.54, 1.807) is 18.3 Å². The highest BCUT2D eigenvalue weighted by Crippen LogP contribution is 2.37. The number of imidazole rings is 1. The lowest BCUT2D eigenvalue weighted by atomic mass is 9.92. The topological polar surface area (TPSA) is 98.9 Å². The number of rotatable bonds is 4. The SMILES string of the molecule is Cc1cc(F)c(NC(=O)Nc2ccc(-c3ccc(-c4ncc(C)[nH]4)c4c3CNC4=O)c(F)c2)c(F)c1. The molecular formula is C26H20F3N5O2. The summed E-state index contributed by atoms with van der Waals surface area (Å²) in [5.74, 6) is -2.23. The number of carbonyl (C=O) groups excluding carboxylic acids is 2. The minimum Gasteiger partial charge on any atom is -0.348 e. The van der Waals surface area contributed by atoms with Crippen molar-refractivity contribution in [3.63, 3.8) is 0 Å². The van der Waals surface area contributed by atoms with Gasteiger partial charge in [0.15, 0.2) is 0 Å². The molecule has 1 aliphatic rings. The summed E-state index contributed by atoms with van der Waals surface area (Å²) in [6, 6.07) is 8.68. The predicted octanol–water partition coefficient (Wildman–Crippen LogP) is 5.67. The molecule has 5 rings (SSSR count). The van der Waals surface area contributed by atoms with Gasteiger partial charge >= 0.3 is 6.03 Å². The summed E-state index contributed by atoms with van der Waals surface area (Å²) in [7, 11) is 0. The van der Waals surface area contributed by atoms with Gasteiger partial charge in [0.2, 0.25) is 0 Å². The number of hydrogen-bond donors (Lipinski definition) is 4. The van der Waals surface area contributed by atoms with Crippen molar-refractivity contribution in [3.05, 3.63) is 88.5 Å². The highest BCUT2D eigenvalue weighted by molar-refractivity contribution is 6.06. The fourth-order valence-corrected chi connectivity index (χ4v) is 4.25. The van der Waals surface area contributed by atoms with Crippen LogP contribution in [-0.4, -0.2) is 21.9 Å². The second-order valence-electron chi connectivity index (χ2n) is 8.49. The molecule has 0 saturated heterocycles. The van der Waals surface area contributed by atoms with Gasteiger partial charge in [-0.3, -0.25) is 4.79 Å². The number of H-pyrrole nitrogens is 1. The van der Waals surface area contributed by atoms with Crippen molar-refractivity contribution in [2.75, 3.05) is 10.6 Å². The first-order valence-corrected chi connectivity index (χ1v) is 11.0. The number of halogens is 3. The molecule has 36 heavy (non-hydrogen) atoms. The van der Waals surface area contributed by atoms with Gasteiger partial charge in [-0.25, -0.2) is 22.9 Å². The van der Waals surface area contributed by atoms with E-state index in [1.807, 2.05) is 6.92 Å². The Morgan fingerprint density at radius 3 is 2.28 bits per heavy atom. The quantitative estimate of drug-likeness (QED) is 0.296. The first-order chi connectivity index (χ1) is 17.2. The van der Waals surface area contributed by atoms with Crippen LogP contribution in [0.15, 0.2) is 48.7 Å². The summed E-state index contributed by atoms with van der Waals surface area (Å²) in [6.45, 7) is 3.60. The first-order valence-electron chi connectivity index (χ1n) is 11.0. The number of fused-ring (bicyclic) bond motifs is 1. The maximum absolute atomic E-state index is 15.2. The maximum Gasteiger partial charge on any atom is 0.323 e. The minimum absolute atomic E-state index is 0.0789. The van der Waals surface area contributed by atoms with Crippen molar-refractivity contribution < 1.29 is 22.8 Å². The number of hydrogen-bond acceptors (Lipinski definition) is 3. The number of carbonyl (C=O) groups is 2. The number of benzene rings is 3. The van der Waals surface area contributed by atoms with Gasteiger partial charge in [0.1, 0.15) is 29.0 Å². The summed E-state index contributed by atoms with van der Waals surface area (Å²) in [5, 5.41) is 7.25.